The van der Waals surface area contributed by atoms with Crippen LogP contribution in [0.2, 0.25) is 0 Å². The molecule has 1 saturated heterocycles. The van der Waals surface area contributed by atoms with Gasteiger partial charge >= 0.3 is 5.97 Å². The molecule has 1 aliphatic heterocycles. The highest BCUT2D eigenvalue weighted by molar-refractivity contribution is 5.73. The van der Waals surface area contributed by atoms with Crippen LogP contribution in [-0.4, -0.2) is 68.6 Å². The van der Waals surface area contributed by atoms with Crippen molar-refractivity contribution in [1.29, 1.82) is 0 Å². The normalized spacial score (nSPS) is 19.6. The van der Waals surface area contributed by atoms with Crippen molar-refractivity contribution < 1.29 is 9.90 Å². The summed E-state index contributed by atoms with van der Waals surface area (Å²) in [7, 11) is 1.85. The Morgan fingerprint density at radius 1 is 1.26 bits per heavy atom. The Morgan fingerprint density at radius 3 is 2.70 bits per heavy atom. The number of piperazine rings is 1. The molecule has 2 aromatic heterocycles. The monoisotopic (exact) mass is 313 g/mol. The maximum absolute atomic E-state index is 11.3. The molecule has 1 N–H and O–H groups in total. The average molecular weight is 313 g/mol. The fourth-order valence-electron chi connectivity index (χ4n) is 2.66. The lowest BCUT2D eigenvalue weighted by atomic mass is 10.1. The molecule has 7 nitrogen and oxygen atoms in total. The largest absolute Gasteiger partial charge is 0.480 e. The Labute approximate surface area is 134 Å². The van der Waals surface area contributed by atoms with Gasteiger partial charge in [-0.1, -0.05) is 6.07 Å². The summed E-state index contributed by atoms with van der Waals surface area (Å²) in [5, 5.41) is 9.26. The maximum Gasteiger partial charge on any atom is 0.322 e. The van der Waals surface area contributed by atoms with Gasteiger partial charge in [0, 0.05) is 50.3 Å². The topological polar surface area (TPSA) is 82.5 Å². The van der Waals surface area contributed by atoms with E-state index in [1.54, 1.807) is 18.6 Å². The summed E-state index contributed by atoms with van der Waals surface area (Å²) < 4.78 is 0. The van der Waals surface area contributed by atoms with Gasteiger partial charge in [-0.2, -0.15) is 0 Å². The Morgan fingerprint density at radius 2 is 2.04 bits per heavy atom. The molecule has 0 aliphatic carbocycles. The highest BCUT2D eigenvalue weighted by Gasteiger charge is 2.29. The summed E-state index contributed by atoms with van der Waals surface area (Å²) >= 11 is 0. The van der Waals surface area contributed by atoms with Gasteiger partial charge in [-0.3, -0.25) is 19.6 Å². The third kappa shape index (κ3) is 3.69. The summed E-state index contributed by atoms with van der Waals surface area (Å²) in [5.74, 6) is -0.185. The number of pyridine rings is 1. The van der Waals surface area contributed by atoms with Crippen LogP contribution in [0.1, 0.15) is 5.56 Å². The number of aliphatic carboxylic acids is 1. The second-order valence-corrected chi connectivity index (χ2v) is 5.70. The average Bonchev–Trinajstić information content (AvgIpc) is 2.58. The molecule has 0 amide bonds. The smallest absolute Gasteiger partial charge is 0.322 e. The molecule has 3 heterocycles. The van der Waals surface area contributed by atoms with Crippen molar-refractivity contribution in [1.82, 2.24) is 24.8 Å². The summed E-state index contributed by atoms with van der Waals surface area (Å²) in [6.45, 7) is 2.74. The van der Waals surface area contributed by atoms with Gasteiger partial charge in [0.05, 0.1) is 0 Å². The molecular weight excluding hydrogens is 294 g/mol. The van der Waals surface area contributed by atoms with E-state index in [0.717, 1.165) is 24.3 Å². The number of aromatic nitrogens is 3. The predicted molar refractivity (Wildman–Crippen MR) is 84.6 cm³/mol. The fraction of sp³-hybridized carbons (Fsp3) is 0.375. The summed E-state index contributed by atoms with van der Waals surface area (Å²) in [4.78, 5) is 28.2. The van der Waals surface area contributed by atoms with E-state index < -0.39 is 12.0 Å². The molecule has 120 valence electrons. The minimum atomic E-state index is -0.779. The lowest BCUT2D eigenvalue weighted by molar-refractivity contribution is -0.145. The molecule has 2 aromatic rings. The number of likely N-dealkylation sites (N-methyl/N-ethyl adjacent to an activating group) is 1. The van der Waals surface area contributed by atoms with Crippen LogP contribution in [0.5, 0.6) is 0 Å². The third-order valence-electron chi connectivity index (χ3n) is 4.02. The maximum atomic E-state index is 11.3. The first-order valence-electron chi connectivity index (χ1n) is 7.51. The number of carboxylic acid groups (broad SMARTS) is 1. The van der Waals surface area contributed by atoms with E-state index in [9.17, 15) is 9.90 Å². The first kappa shape index (κ1) is 15.5. The van der Waals surface area contributed by atoms with Crippen LogP contribution in [0.3, 0.4) is 0 Å². The minimum absolute atomic E-state index is 0.461. The van der Waals surface area contributed by atoms with Crippen LogP contribution in [0.15, 0.2) is 36.8 Å². The summed E-state index contributed by atoms with van der Waals surface area (Å²) in [6.07, 6.45) is 5.28. The Kier molecular flexibility index (Phi) is 4.59. The summed E-state index contributed by atoms with van der Waals surface area (Å²) in [6, 6.07) is 5.16. The molecule has 0 spiro atoms. The second kappa shape index (κ2) is 6.80. The van der Waals surface area contributed by atoms with Gasteiger partial charge in [0.25, 0.3) is 0 Å². The molecule has 0 saturated carbocycles. The first-order valence-corrected chi connectivity index (χ1v) is 7.51. The van der Waals surface area contributed by atoms with Crippen LogP contribution in [0.4, 0.5) is 0 Å². The number of hydrogen-bond acceptors (Lipinski definition) is 6. The Balaban J connectivity index is 1.66. The van der Waals surface area contributed by atoms with Crippen molar-refractivity contribution in [3.8, 4) is 11.5 Å². The van der Waals surface area contributed by atoms with Crippen molar-refractivity contribution >= 4 is 5.97 Å². The van der Waals surface area contributed by atoms with E-state index >= 15 is 0 Å². The van der Waals surface area contributed by atoms with E-state index in [0.29, 0.717) is 18.9 Å². The SMILES string of the molecule is CN1CCN(Cc2cnc(-c3ccccn3)nc2)C[C@H]1C(=O)O. The minimum Gasteiger partial charge on any atom is -0.480 e. The zero-order valence-corrected chi connectivity index (χ0v) is 13.0. The van der Waals surface area contributed by atoms with Crippen molar-refractivity contribution in [2.45, 2.75) is 12.6 Å². The third-order valence-corrected chi connectivity index (χ3v) is 4.02. The number of carbonyl (C=O) groups is 1. The highest BCUT2D eigenvalue weighted by atomic mass is 16.4. The zero-order chi connectivity index (χ0) is 16.2. The van der Waals surface area contributed by atoms with E-state index in [1.807, 2.05) is 30.1 Å². The highest BCUT2D eigenvalue weighted by Crippen LogP contribution is 2.14. The number of carboxylic acids is 1. The van der Waals surface area contributed by atoms with Gasteiger partial charge in [0.2, 0.25) is 0 Å². The molecule has 3 rings (SSSR count). The first-order chi connectivity index (χ1) is 11.1. The molecular formula is C16H19N5O2. The summed E-state index contributed by atoms with van der Waals surface area (Å²) in [5.41, 5.74) is 1.71. The number of hydrogen-bond donors (Lipinski definition) is 1. The lowest BCUT2D eigenvalue weighted by Crippen LogP contribution is -2.54. The van der Waals surface area contributed by atoms with Crippen LogP contribution >= 0.6 is 0 Å². The van der Waals surface area contributed by atoms with Gasteiger partial charge in [-0.05, 0) is 19.2 Å². The van der Waals surface area contributed by atoms with Gasteiger partial charge in [0.15, 0.2) is 5.82 Å². The Hall–Kier alpha value is -2.38. The van der Waals surface area contributed by atoms with Gasteiger partial charge < -0.3 is 5.11 Å². The molecule has 23 heavy (non-hydrogen) atoms. The van der Waals surface area contributed by atoms with Gasteiger partial charge in [-0.15, -0.1) is 0 Å². The van der Waals surface area contributed by atoms with Crippen molar-refractivity contribution in [2.75, 3.05) is 26.7 Å². The van der Waals surface area contributed by atoms with Crippen LogP contribution in [0.25, 0.3) is 11.5 Å². The molecule has 0 radical (unpaired) electrons. The van der Waals surface area contributed by atoms with Crippen molar-refractivity contribution in [2.24, 2.45) is 0 Å². The van der Waals surface area contributed by atoms with Gasteiger partial charge in [0.1, 0.15) is 11.7 Å². The predicted octanol–water partition coefficient (Wildman–Crippen LogP) is 0.739. The standard InChI is InChI=1S/C16H19N5O2/c1-20-6-7-21(11-14(20)16(22)23)10-12-8-18-15(19-9-12)13-4-2-3-5-17-13/h2-5,8-9,14H,6-7,10-11H2,1H3,(H,22,23)/t14-/m0/s1. The molecule has 1 aliphatic rings. The number of rotatable bonds is 4. The molecule has 7 heteroatoms. The Bertz CT molecular complexity index is 662. The quantitative estimate of drug-likeness (QED) is 0.891. The van der Waals surface area contributed by atoms with Crippen LogP contribution in [-0.2, 0) is 11.3 Å². The van der Waals surface area contributed by atoms with Crippen LogP contribution < -0.4 is 0 Å². The van der Waals surface area contributed by atoms with E-state index in [4.69, 9.17) is 0 Å². The number of nitrogens with zero attached hydrogens (tertiary/aromatic N) is 5. The second-order valence-electron chi connectivity index (χ2n) is 5.70. The molecule has 1 fully saturated rings. The van der Waals surface area contributed by atoms with E-state index in [1.165, 1.54) is 0 Å². The molecule has 1 atom stereocenters. The van der Waals surface area contributed by atoms with E-state index in [2.05, 4.69) is 19.9 Å². The van der Waals surface area contributed by atoms with Crippen molar-refractivity contribution in [3.63, 3.8) is 0 Å². The zero-order valence-electron chi connectivity index (χ0n) is 13.0. The van der Waals surface area contributed by atoms with Crippen LogP contribution in [0, 0.1) is 0 Å². The lowest BCUT2D eigenvalue weighted by Gasteiger charge is -2.37. The van der Waals surface area contributed by atoms with Gasteiger partial charge in [-0.25, -0.2) is 9.97 Å². The molecule has 0 unspecified atom stereocenters. The molecule has 0 aromatic carbocycles. The fourth-order valence-corrected chi connectivity index (χ4v) is 2.66. The van der Waals surface area contributed by atoms with Crippen molar-refractivity contribution in [3.05, 3.63) is 42.4 Å². The van der Waals surface area contributed by atoms with E-state index in [-0.39, 0.29) is 0 Å². The molecule has 0 bridgehead atoms.